The van der Waals surface area contributed by atoms with Gasteiger partial charge >= 0.3 is 0 Å². The summed E-state index contributed by atoms with van der Waals surface area (Å²) in [5, 5.41) is 0. The topological polar surface area (TPSA) is 0 Å². The van der Waals surface area contributed by atoms with Crippen LogP contribution in [0.2, 0.25) is 0 Å². The molecule has 0 nitrogen and oxygen atoms in total. The second kappa shape index (κ2) is 11.9. The van der Waals surface area contributed by atoms with Crippen molar-refractivity contribution >= 4 is 9.24 Å². The zero-order valence-corrected chi connectivity index (χ0v) is 18.8. The third kappa shape index (κ3) is 7.45. The van der Waals surface area contributed by atoms with Gasteiger partial charge in [-0.3, -0.25) is 0 Å². The fourth-order valence-corrected chi connectivity index (χ4v) is 4.83. The molecule has 1 unspecified atom stereocenters. The van der Waals surface area contributed by atoms with E-state index < -0.39 is 0 Å². The molecule has 0 amide bonds. The number of hydrogen-bond acceptors (Lipinski definition) is 0. The molecule has 3 aromatic carbocycles. The lowest BCUT2D eigenvalue weighted by Crippen LogP contribution is -2.30. The van der Waals surface area contributed by atoms with Crippen LogP contribution in [-0.4, -0.2) is 6.16 Å². The smallest absolute Gasteiger partial charge is 0.0176 e. The molecule has 152 valence electrons. The van der Waals surface area contributed by atoms with E-state index in [-0.39, 0.29) is 5.41 Å². The fraction of sp³-hybridized carbons (Fsp3) is 0.357. The van der Waals surface area contributed by atoms with Crippen molar-refractivity contribution in [2.75, 3.05) is 6.16 Å². The summed E-state index contributed by atoms with van der Waals surface area (Å²) in [7, 11) is 2.86. The van der Waals surface area contributed by atoms with Crippen LogP contribution in [-0.2, 0) is 19.3 Å². The van der Waals surface area contributed by atoms with Crippen molar-refractivity contribution < 1.29 is 0 Å². The molecule has 3 aromatic rings. The third-order valence-corrected chi connectivity index (χ3v) is 6.34. The predicted octanol–water partition coefficient (Wildman–Crippen LogP) is 7.53. The molecule has 0 fully saturated rings. The van der Waals surface area contributed by atoms with Crippen molar-refractivity contribution in [3.05, 3.63) is 108 Å². The van der Waals surface area contributed by atoms with Crippen LogP contribution in [0.3, 0.4) is 0 Å². The lowest BCUT2D eigenvalue weighted by Gasteiger charge is -2.35. The molecule has 29 heavy (non-hydrogen) atoms. The van der Waals surface area contributed by atoms with Gasteiger partial charge in [-0.05, 0) is 60.4 Å². The Morgan fingerprint density at radius 1 is 0.483 bits per heavy atom. The molecule has 1 heteroatoms. The Morgan fingerprint density at radius 2 is 0.862 bits per heavy atom. The highest BCUT2D eigenvalue weighted by atomic mass is 31.0. The van der Waals surface area contributed by atoms with Crippen LogP contribution in [0, 0.1) is 5.41 Å². The summed E-state index contributed by atoms with van der Waals surface area (Å²) < 4.78 is 0. The van der Waals surface area contributed by atoms with Crippen LogP contribution in [0.1, 0.15) is 48.8 Å². The van der Waals surface area contributed by atoms with Crippen LogP contribution in [0.4, 0.5) is 0 Å². The van der Waals surface area contributed by atoms with E-state index in [0.29, 0.717) is 0 Å². The monoisotopic (exact) mass is 402 g/mol. The zero-order chi connectivity index (χ0) is 20.2. The molecule has 0 saturated heterocycles. The Balaban J connectivity index is 1.87. The minimum absolute atomic E-state index is 0.255. The van der Waals surface area contributed by atoms with Crippen molar-refractivity contribution in [1.82, 2.24) is 0 Å². The van der Waals surface area contributed by atoms with E-state index in [4.69, 9.17) is 0 Å². The zero-order valence-electron chi connectivity index (χ0n) is 17.6. The average Bonchev–Trinajstić information content (AvgIpc) is 2.76. The van der Waals surface area contributed by atoms with Crippen LogP contribution in [0.5, 0.6) is 0 Å². The summed E-state index contributed by atoms with van der Waals surface area (Å²) >= 11 is 0. The summed E-state index contributed by atoms with van der Waals surface area (Å²) in [6, 6.07) is 33.3. The van der Waals surface area contributed by atoms with Gasteiger partial charge < -0.3 is 0 Å². The van der Waals surface area contributed by atoms with Crippen LogP contribution in [0.15, 0.2) is 91.0 Å². The highest BCUT2D eigenvalue weighted by Gasteiger charge is 2.30. The summed E-state index contributed by atoms with van der Waals surface area (Å²) in [5.41, 5.74) is 4.64. The largest absolute Gasteiger partial charge is 0.138 e. The van der Waals surface area contributed by atoms with Crippen molar-refractivity contribution in [1.29, 1.82) is 0 Å². The molecule has 0 aliphatic rings. The van der Waals surface area contributed by atoms with Gasteiger partial charge in [0, 0.05) is 0 Å². The van der Waals surface area contributed by atoms with E-state index in [1.165, 1.54) is 55.0 Å². The first-order valence-electron chi connectivity index (χ1n) is 11.1. The van der Waals surface area contributed by atoms with E-state index in [1.54, 1.807) is 0 Å². The Bertz CT molecular complexity index is 694. The van der Waals surface area contributed by atoms with Gasteiger partial charge in [-0.1, -0.05) is 110 Å². The minimum Gasteiger partial charge on any atom is -0.138 e. The molecule has 3 rings (SSSR count). The lowest BCUT2D eigenvalue weighted by atomic mass is 9.69. The maximum absolute atomic E-state index is 2.86. The Labute approximate surface area is 180 Å². The first kappa shape index (κ1) is 21.8. The number of benzene rings is 3. The SMILES string of the molecule is PCCCCCCC(Cc1ccccc1)(Cc1ccccc1)Cc1ccccc1. The van der Waals surface area contributed by atoms with Crippen LogP contribution >= 0.6 is 9.24 Å². The Kier molecular flexibility index (Phi) is 8.97. The summed E-state index contributed by atoms with van der Waals surface area (Å²) in [5.74, 6) is 0. The van der Waals surface area contributed by atoms with E-state index in [1.807, 2.05) is 0 Å². The standard InChI is InChI=1S/C28H35P/c29-21-13-2-1-12-20-28(22-25-14-6-3-7-15-25,23-26-16-8-4-9-17-26)24-27-18-10-5-11-19-27/h3-11,14-19H,1-2,12-13,20-24,29H2. The van der Waals surface area contributed by atoms with Crippen molar-refractivity contribution in [2.45, 2.75) is 51.4 Å². The molecule has 0 N–H and O–H groups in total. The Morgan fingerprint density at radius 3 is 1.24 bits per heavy atom. The second-order valence-electron chi connectivity index (χ2n) is 8.44. The molecule has 0 aromatic heterocycles. The lowest BCUT2D eigenvalue weighted by molar-refractivity contribution is 0.244. The number of hydrogen-bond donors (Lipinski definition) is 0. The molecule has 0 heterocycles. The molecule has 0 bridgehead atoms. The molecule has 0 radical (unpaired) electrons. The minimum atomic E-state index is 0.255. The quantitative estimate of drug-likeness (QED) is 0.217. The van der Waals surface area contributed by atoms with Crippen molar-refractivity contribution in [3.63, 3.8) is 0 Å². The maximum atomic E-state index is 2.86. The summed E-state index contributed by atoms with van der Waals surface area (Å²) in [4.78, 5) is 0. The maximum Gasteiger partial charge on any atom is -0.0176 e. The van der Waals surface area contributed by atoms with E-state index in [2.05, 4.69) is 100 Å². The van der Waals surface area contributed by atoms with Crippen LogP contribution < -0.4 is 0 Å². The van der Waals surface area contributed by atoms with Gasteiger partial charge in [0.05, 0.1) is 0 Å². The van der Waals surface area contributed by atoms with Crippen molar-refractivity contribution in [2.24, 2.45) is 5.41 Å². The summed E-state index contributed by atoms with van der Waals surface area (Å²) in [6.45, 7) is 0. The molecule has 0 saturated carbocycles. The molecule has 0 aliphatic heterocycles. The van der Waals surface area contributed by atoms with Gasteiger partial charge in [-0.2, -0.15) is 0 Å². The predicted molar refractivity (Wildman–Crippen MR) is 131 cm³/mol. The third-order valence-electron chi connectivity index (χ3n) is 5.93. The molecular formula is C28H35P. The first-order chi connectivity index (χ1) is 14.3. The van der Waals surface area contributed by atoms with E-state index >= 15 is 0 Å². The van der Waals surface area contributed by atoms with Crippen molar-refractivity contribution in [3.8, 4) is 0 Å². The number of rotatable bonds is 12. The number of unbranched alkanes of at least 4 members (excludes halogenated alkanes) is 3. The van der Waals surface area contributed by atoms with Gasteiger partial charge in [0.25, 0.3) is 0 Å². The van der Waals surface area contributed by atoms with E-state index in [0.717, 1.165) is 19.3 Å². The van der Waals surface area contributed by atoms with Gasteiger partial charge in [0.15, 0.2) is 0 Å². The highest BCUT2D eigenvalue weighted by molar-refractivity contribution is 7.16. The van der Waals surface area contributed by atoms with Gasteiger partial charge in [0.2, 0.25) is 0 Å². The van der Waals surface area contributed by atoms with Crippen LogP contribution in [0.25, 0.3) is 0 Å². The van der Waals surface area contributed by atoms with Gasteiger partial charge in [0.1, 0.15) is 0 Å². The molecule has 0 aliphatic carbocycles. The normalized spacial score (nSPS) is 11.5. The summed E-state index contributed by atoms with van der Waals surface area (Å²) in [6.07, 6.45) is 11.3. The Hall–Kier alpha value is -1.91. The fourth-order valence-electron chi connectivity index (χ4n) is 4.54. The van der Waals surface area contributed by atoms with Gasteiger partial charge in [-0.25, -0.2) is 0 Å². The van der Waals surface area contributed by atoms with E-state index in [9.17, 15) is 0 Å². The van der Waals surface area contributed by atoms with Gasteiger partial charge in [-0.15, -0.1) is 9.24 Å². The highest BCUT2D eigenvalue weighted by Crippen LogP contribution is 2.37. The molecular weight excluding hydrogens is 367 g/mol. The first-order valence-corrected chi connectivity index (χ1v) is 11.9. The molecule has 0 spiro atoms. The average molecular weight is 403 g/mol. The second-order valence-corrected chi connectivity index (χ2v) is 9.02. The molecule has 1 atom stereocenters.